The summed E-state index contributed by atoms with van der Waals surface area (Å²) in [5, 5.41) is 0. The van der Waals surface area contributed by atoms with Crippen molar-refractivity contribution in [1.82, 2.24) is 0 Å². The van der Waals surface area contributed by atoms with Crippen LogP contribution in [0.5, 0.6) is 0 Å². The SMILES string of the molecule is CCC(OC1=CCC(N)(N)C=C1)c1ccccc1. The van der Waals surface area contributed by atoms with Gasteiger partial charge in [0.25, 0.3) is 0 Å². The fourth-order valence-corrected chi connectivity index (χ4v) is 1.96. The highest BCUT2D eigenvalue weighted by Crippen LogP contribution is 2.26. The lowest BCUT2D eigenvalue weighted by Gasteiger charge is -2.25. The van der Waals surface area contributed by atoms with Crippen molar-refractivity contribution in [3.8, 4) is 0 Å². The average molecular weight is 244 g/mol. The van der Waals surface area contributed by atoms with Crippen molar-refractivity contribution in [3.63, 3.8) is 0 Å². The van der Waals surface area contributed by atoms with E-state index in [-0.39, 0.29) is 6.10 Å². The van der Waals surface area contributed by atoms with E-state index >= 15 is 0 Å². The van der Waals surface area contributed by atoms with Gasteiger partial charge in [0, 0.05) is 6.42 Å². The third-order valence-electron chi connectivity index (χ3n) is 3.04. The number of ether oxygens (including phenoxy) is 1. The molecule has 0 amide bonds. The Balaban J connectivity index is 2.05. The molecule has 0 saturated heterocycles. The largest absolute Gasteiger partial charge is 0.486 e. The minimum atomic E-state index is -0.735. The van der Waals surface area contributed by atoms with Gasteiger partial charge in [0.2, 0.25) is 0 Å². The van der Waals surface area contributed by atoms with E-state index in [9.17, 15) is 0 Å². The van der Waals surface area contributed by atoms with E-state index in [2.05, 4.69) is 19.1 Å². The van der Waals surface area contributed by atoms with Crippen LogP contribution in [0.25, 0.3) is 0 Å². The maximum atomic E-state index is 5.98. The number of benzene rings is 1. The Labute approximate surface area is 108 Å². The first-order valence-electron chi connectivity index (χ1n) is 6.29. The van der Waals surface area contributed by atoms with Gasteiger partial charge in [-0.1, -0.05) is 37.3 Å². The van der Waals surface area contributed by atoms with Gasteiger partial charge >= 0.3 is 0 Å². The molecule has 0 aromatic heterocycles. The molecule has 0 saturated carbocycles. The molecule has 1 unspecified atom stereocenters. The number of hydrogen-bond acceptors (Lipinski definition) is 3. The van der Waals surface area contributed by atoms with E-state index in [4.69, 9.17) is 16.2 Å². The fourth-order valence-electron chi connectivity index (χ4n) is 1.96. The molecule has 1 aliphatic carbocycles. The van der Waals surface area contributed by atoms with Crippen LogP contribution < -0.4 is 11.5 Å². The maximum absolute atomic E-state index is 5.98. The third-order valence-corrected chi connectivity index (χ3v) is 3.04. The van der Waals surface area contributed by atoms with Gasteiger partial charge in [-0.05, 0) is 30.2 Å². The number of allylic oxidation sites excluding steroid dienone is 1. The van der Waals surface area contributed by atoms with Gasteiger partial charge in [-0.2, -0.15) is 0 Å². The summed E-state index contributed by atoms with van der Waals surface area (Å²) in [7, 11) is 0. The molecule has 3 nitrogen and oxygen atoms in total. The molecule has 3 heteroatoms. The van der Waals surface area contributed by atoms with Crippen molar-refractivity contribution >= 4 is 0 Å². The van der Waals surface area contributed by atoms with E-state index in [1.807, 2.05) is 30.4 Å². The van der Waals surface area contributed by atoms with Crippen molar-refractivity contribution in [2.45, 2.75) is 31.5 Å². The second-order valence-electron chi connectivity index (χ2n) is 4.68. The average Bonchev–Trinajstić information content (AvgIpc) is 2.39. The normalized spacial score (nSPS) is 19.2. The minimum absolute atomic E-state index is 0.0742. The molecular formula is C15H20N2O. The highest BCUT2D eigenvalue weighted by molar-refractivity contribution is 5.25. The zero-order valence-corrected chi connectivity index (χ0v) is 10.7. The highest BCUT2D eigenvalue weighted by Gasteiger charge is 2.19. The first-order valence-corrected chi connectivity index (χ1v) is 6.29. The van der Waals surface area contributed by atoms with Gasteiger partial charge < -0.3 is 16.2 Å². The van der Waals surface area contributed by atoms with E-state index in [1.165, 1.54) is 5.56 Å². The predicted octanol–water partition coefficient (Wildman–Crippen LogP) is 2.61. The summed E-state index contributed by atoms with van der Waals surface area (Å²) < 4.78 is 5.98. The summed E-state index contributed by atoms with van der Waals surface area (Å²) in [4.78, 5) is 0. The first-order chi connectivity index (χ1) is 8.61. The van der Waals surface area contributed by atoms with Crippen LogP contribution in [0.2, 0.25) is 0 Å². The molecule has 0 aliphatic heterocycles. The lowest BCUT2D eigenvalue weighted by molar-refractivity contribution is 0.120. The highest BCUT2D eigenvalue weighted by atomic mass is 16.5. The van der Waals surface area contributed by atoms with Gasteiger partial charge in [0.1, 0.15) is 11.9 Å². The first kappa shape index (κ1) is 12.9. The molecule has 18 heavy (non-hydrogen) atoms. The van der Waals surface area contributed by atoms with Crippen LogP contribution in [-0.4, -0.2) is 5.66 Å². The van der Waals surface area contributed by atoms with Crippen LogP contribution in [0.4, 0.5) is 0 Å². The summed E-state index contributed by atoms with van der Waals surface area (Å²) in [6.45, 7) is 2.11. The van der Waals surface area contributed by atoms with Crippen LogP contribution in [0.15, 0.2) is 54.3 Å². The summed E-state index contributed by atoms with van der Waals surface area (Å²) in [6.07, 6.45) is 7.20. The molecule has 1 aliphatic rings. The van der Waals surface area contributed by atoms with Crippen molar-refractivity contribution in [3.05, 3.63) is 59.9 Å². The van der Waals surface area contributed by atoms with Crippen LogP contribution in [-0.2, 0) is 4.74 Å². The van der Waals surface area contributed by atoms with E-state index in [0.717, 1.165) is 12.2 Å². The molecule has 1 aromatic carbocycles. The van der Waals surface area contributed by atoms with Crippen LogP contribution >= 0.6 is 0 Å². The fraction of sp³-hybridized carbons (Fsp3) is 0.333. The third kappa shape index (κ3) is 3.22. The van der Waals surface area contributed by atoms with Crippen LogP contribution in [0.1, 0.15) is 31.4 Å². The second-order valence-corrected chi connectivity index (χ2v) is 4.68. The summed E-state index contributed by atoms with van der Waals surface area (Å²) in [5.41, 5.74) is 12.1. The quantitative estimate of drug-likeness (QED) is 0.800. The summed E-state index contributed by atoms with van der Waals surface area (Å²) in [5.74, 6) is 0.845. The van der Waals surface area contributed by atoms with Crippen LogP contribution in [0, 0.1) is 0 Å². The Morgan fingerprint density at radius 1 is 1.28 bits per heavy atom. The Morgan fingerprint density at radius 2 is 2.00 bits per heavy atom. The van der Waals surface area contributed by atoms with Gasteiger partial charge in [-0.3, -0.25) is 0 Å². The molecular weight excluding hydrogens is 224 g/mol. The molecule has 96 valence electrons. The van der Waals surface area contributed by atoms with E-state index in [0.29, 0.717) is 6.42 Å². The van der Waals surface area contributed by atoms with Crippen molar-refractivity contribution in [2.75, 3.05) is 0 Å². The molecule has 0 bridgehead atoms. The maximum Gasteiger partial charge on any atom is 0.123 e. The Kier molecular flexibility index (Phi) is 3.84. The van der Waals surface area contributed by atoms with Gasteiger partial charge in [0.15, 0.2) is 0 Å². The topological polar surface area (TPSA) is 61.3 Å². The Bertz CT molecular complexity index is 449. The summed E-state index contributed by atoms with van der Waals surface area (Å²) >= 11 is 0. The monoisotopic (exact) mass is 244 g/mol. The lowest BCUT2D eigenvalue weighted by atomic mass is 10.0. The minimum Gasteiger partial charge on any atom is -0.486 e. The van der Waals surface area contributed by atoms with Crippen molar-refractivity contribution < 1.29 is 4.74 Å². The molecule has 0 spiro atoms. The van der Waals surface area contributed by atoms with Crippen LogP contribution in [0.3, 0.4) is 0 Å². The standard InChI is InChI=1S/C15H20N2O/c1-2-14(12-6-4-3-5-7-12)18-13-8-10-15(16,17)11-9-13/h3-10,14H,2,11,16-17H2,1H3. The number of rotatable bonds is 4. The Hall–Kier alpha value is -1.58. The van der Waals surface area contributed by atoms with E-state index in [1.54, 1.807) is 6.08 Å². The molecule has 0 heterocycles. The molecule has 1 atom stereocenters. The second kappa shape index (κ2) is 5.38. The van der Waals surface area contributed by atoms with Gasteiger partial charge in [-0.15, -0.1) is 0 Å². The Morgan fingerprint density at radius 3 is 2.56 bits per heavy atom. The zero-order chi connectivity index (χ0) is 13.0. The van der Waals surface area contributed by atoms with Gasteiger partial charge in [0.05, 0.1) is 5.66 Å². The molecule has 4 N–H and O–H groups in total. The number of nitrogens with two attached hydrogens (primary N) is 2. The molecule has 0 fully saturated rings. The smallest absolute Gasteiger partial charge is 0.123 e. The molecule has 1 aromatic rings. The zero-order valence-electron chi connectivity index (χ0n) is 10.7. The van der Waals surface area contributed by atoms with E-state index < -0.39 is 5.66 Å². The van der Waals surface area contributed by atoms with Crippen molar-refractivity contribution in [1.29, 1.82) is 0 Å². The van der Waals surface area contributed by atoms with Crippen molar-refractivity contribution in [2.24, 2.45) is 11.5 Å². The number of hydrogen-bond donors (Lipinski definition) is 2. The van der Waals surface area contributed by atoms with Gasteiger partial charge in [-0.25, -0.2) is 0 Å². The predicted molar refractivity (Wildman–Crippen MR) is 73.5 cm³/mol. The molecule has 0 radical (unpaired) electrons. The molecule has 2 rings (SSSR count). The summed E-state index contributed by atoms with van der Waals surface area (Å²) in [6, 6.07) is 10.2. The lowest BCUT2D eigenvalue weighted by Crippen LogP contribution is -2.47.